The summed E-state index contributed by atoms with van der Waals surface area (Å²) in [6.45, 7) is 1.12. The summed E-state index contributed by atoms with van der Waals surface area (Å²) in [5.41, 5.74) is 1.15. The minimum absolute atomic E-state index is 0. The van der Waals surface area contributed by atoms with Gasteiger partial charge in [-0.25, -0.2) is 0 Å². The molecular formula is C15H24ClNO. The molecule has 102 valence electrons. The molecule has 2 nitrogen and oxygen atoms in total. The van der Waals surface area contributed by atoms with E-state index in [2.05, 4.69) is 25.1 Å². The molecule has 0 heterocycles. The number of rotatable bonds is 3. The summed E-state index contributed by atoms with van der Waals surface area (Å²) in [6.07, 6.45) is 5.14. The van der Waals surface area contributed by atoms with Gasteiger partial charge in [-0.2, -0.15) is 0 Å². The topological polar surface area (TPSA) is 23.5 Å². The third kappa shape index (κ3) is 3.63. The van der Waals surface area contributed by atoms with Gasteiger partial charge in [0.05, 0.1) is 0 Å². The molecule has 0 aliphatic heterocycles. The van der Waals surface area contributed by atoms with Crippen LogP contribution in [-0.2, 0) is 0 Å². The molecule has 1 fully saturated rings. The van der Waals surface area contributed by atoms with Gasteiger partial charge in [0, 0.05) is 6.54 Å². The first-order valence-corrected chi connectivity index (χ1v) is 6.61. The second-order valence-electron chi connectivity index (χ2n) is 5.47. The Morgan fingerprint density at radius 2 is 1.83 bits per heavy atom. The van der Waals surface area contributed by atoms with Crippen LogP contribution in [0.15, 0.2) is 24.3 Å². The summed E-state index contributed by atoms with van der Waals surface area (Å²) in [5.74, 6) is 1.70. The molecule has 2 unspecified atom stereocenters. The molecule has 2 rings (SSSR count). The number of hydrogen-bond acceptors (Lipinski definition) is 2. The Balaban J connectivity index is 0.00000162. The average molecular weight is 270 g/mol. The fraction of sp³-hybridized carbons (Fsp3) is 0.600. The predicted molar refractivity (Wildman–Crippen MR) is 78.6 cm³/mol. The molecule has 1 N–H and O–H groups in total. The van der Waals surface area contributed by atoms with Crippen LogP contribution in [0, 0.1) is 5.92 Å². The van der Waals surface area contributed by atoms with Crippen molar-refractivity contribution in [1.29, 1.82) is 0 Å². The summed E-state index contributed by atoms with van der Waals surface area (Å²) >= 11 is 0. The van der Waals surface area contributed by atoms with Crippen LogP contribution in [0.4, 0.5) is 0 Å². The minimum atomic E-state index is 0. The van der Waals surface area contributed by atoms with Crippen molar-refractivity contribution in [3.63, 3.8) is 0 Å². The van der Waals surface area contributed by atoms with Crippen LogP contribution in [-0.4, -0.2) is 30.6 Å². The second kappa shape index (κ2) is 7.01. The molecule has 0 radical (unpaired) electrons. The number of aromatic hydroxyl groups is 1. The van der Waals surface area contributed by atoms with Crippen LogP contribution in [0.1, 0.15) is 37.2 Å². The molecule has 1 aromatic carbocycles. The first-order valence-electron chi connectivity index (χ1n) is 6.61. The van der Waals surface area contributed by atoms with E-state index in [0.29, 0.717) is 17.6 Å². The maximum Gasteiger partial charge on any atom is 0.119 e. The zero-order valence-corrected chi connectivity index (χ0v) is 12.1. The Labute approximate surface area is 116 Å². The standard InChI is InChI=1S/C15H23NO.ClH/c1-16(2)11-12-7-3-4-8-13(12)14-9-5-6-10-15(14)17;/h5-6,9-10,12-13,17H,3-4,7-8,11H2,1-2H3;1H. The minimum Gasteiger partial charge on any atom is -0.508 e. The number of phenolic OH excluding ortho intramolecular Hbond substituents is 1. The smallest absolute Gasteiger partial charge is 0.119 e. The zero-order valence-electron chi connectivity index (χ0n) is 11.3. The quantitative estimate of drug-likeness (QED) is 0.905. The van der Waals surface area contributed by atoms with Gasteiger partial charge in [0.15, 0.2) is 0 Å². The highest BCUT2D eigenvalue weighted by Gasteiger charge is 2.28. The lowest BCUT2D eigenvalue weighted by Crippen LogP contribution is -2.28. The Morgan fingerprint density at radius 1 is 1.17 bits per heavy atom. The molecule has 1 aliphatic carbocycles. The Hall–Kier alpha value is -0.730. The average Bonchev–Trinajstić information content (AvgIpc) is 2.30. The molecule has 2 atom stereocenters. The van der Waals surface area contributed by atoms with Crippen molar-refractivity contribution in [1.82, 2.24) is 4.90 Å². The van der Waals surface area contributed by atoms with Gasteiger partial charge in [0.25, 0.3) is 0 Å². The fourth-order valence-corrected chi connectivity index (χ4v) is 3.11. The van der Waals surface area contributed by atoms with E-state index in [9.17, 15) is 5.11 Å². The van der Waals surface area contributed by atoms with Gasteiger partial charge >= 0.3 is 0 Å². The van der Waals surface area contributed by atoms with Crippen molar-refractivity contribution >= 4 is 12.4 Å². The van der Waals surface area contributed by atoms with E-state index in [1.807, 2.05) is 18.2 Å². The number of halogens is 1. The highest BCUT2D eigenvalue weighted by Crippen LogP contribution is 2.41. The monoisotopic (exact) mass is 269 g/mol. The molecule has 0 amide bonds. The third-order valence-electron chi connectivity index (χ3n) is 3.84. The molecule has 0 saturated heterocycles. The van der Waals surface area contributed by atoms with Crippen LogP contribution in [0.5, 0.6) is 5.75 Å². The SMILES string of the molecule is CN(C)CC1CCCCC1c1ccccc1O.Cl. The molecule has 0 spiro atoms. The maximum absolute atomic E-state index is 10.0. The van der Waals surface area contributed by atoms with Gasteiger partial charge < -0.3 is 10.0 Å². The lowest BCUT2D eigenvalue weighted by Gasteiger charge is -2.34. The van der Waals surface area contributed by atoms with Gasteiger partial charge in [-0.1, -0.05) is 31.0 Å². The van der Waals surface area contributed by atoms with E-state index in [-0.39, 0.29) is 12.4 Å². The molecule has 1 saturated carbocycles. The van der Waals surface area contributed by atoms with Gasteiger partial charge in [-0.05, 0) is 50.4 Å². The van der Waals surface area contributed by atoms with E-state index in [0.717, 1.165) is 12.1 Å². The lowest BCUT2D eigenvalue weighted by atomic mass is 9.75. The fourth-order valence-electron chi connectivity index (χ4n) is 3.11. The molecular weight excluding hydrogens is 246 g/mol. The van der Waals surface area contributed by atoms with E-state index in [1.54, 1.807) is 0 Å². The molecule has 0 bridgehead atoms. The van der Waals surface area contributed by atoms with Crippen molar-refractivity contribution in [3.8, 4) is 5.75 Å². The van der Waals surface area contributed by atoms with Gasteiger partial charge in [0.2, 0.25) is 0 Å². The number of hydrogen-bond donors (Lipinski definition) is 1. The number of phenols is 1. The van der Waals surface area contributed by atoms with Crippen LogP contribution in [0.2, 0.25) is 0 Å². The zero-order chi connectivity index (χ0) is 12.3. The van der Waals surface area contributed by atoms with Crippen molar-refractivity contribution in [3.05, 3.63) is 29.8 Å². The Bertz CT molecular complexity index is 367. The highest BCUT2D eigenvalue weighted by molar-refractivity contribution is 5.85. The van der Waals surface area contributed by atoms with Crippen molar-refractivity contribution in [2.75, 3.05) is 20.6 Å². The molecule has 1 aliphatic rings. The van der Waals surface area contributed by atoms with Gasteiger partial charge in [-0.15, -0.1) is 12.4 Å². The van der Waals surface area contributed by atoms with E-state index in [4.69, 9.17) is 0 Å². The van der Waals surface area contributed by atoms with Crippen LogP contribution in [0.3, 0.4) is 0 Å². The van der Waals surface area contributed by atoms with E-state index < -0.39 is 0 Å². The van der Waals surface area contributed by atoms with E-state index >= 15 is 0 Å². The van der Waals surface area contributed by atoms with Crippen LogP contribution in [0.25, 0.3) is 0 Å². The largest absolute Gasteiger partial charge is 0.508 e. The summed E-state index contributed by atoms with van der Waals surface area (Å²) in [5, 5.41) is 10.0. The van der Waals surface area contributed by atoms with Gasteiger partial charge in [-0.3, -0.25) is 0 Å². The van der Waals surface area contributed by atoms with Crippen molar-refractivity contribution in [2.45, 2.75) is 31.6 Å². The third-order valence-corrected chi connectivity index (χ3v) is 3.84. The van der Waals surface area contributed by atoms with Crippen molar-refractivity contribution in [2.24, 2.45) is 5.92 Å². The van der Waals surface area contributed by atoms with Crippen molar-refractivity contribution < 1.29 is 5.11 Å². The summed E-state index contributed by atoms with van der Waals surface area (Å²) in [4.78, 5) is 2.27. The number of para-hydroxylation sites is 1. The Kier molecular flexibility index (Phi) is 5.97. The number of benzene rings is 1. The van der Waals surface area contributed by atoms with Gasteiger partial charge in [0.1, 0.15) is 5.75 Å². The lowest BCUT2D eigenvalue weighted by molar-refractivity contribution is 0.231. The molecule has 18 heavy (non-hydrogen) atoms. The first-order chi connectivity index (χ1) is 8.18. The summed E-state index contributed by atoms with van der Waals surface area (Å²) in [6, 6.07) is 7.85. The number of nitrogens with zero attached hydrogens (tertiary/aromatic N) is 1. The van der Waals surface area contributed by atoms with Crippen LogP contribution < -0.4 is 0 Å². The van der Waals surface area contributed by atoms with E-state index in [1.165, 1.54) is 25.7 Å². The predicted octanol–water partition coefficient (Wildman–Crippen LogP) is 3.65. The molecule has 0 aromatic heterocycles. The summed E-state index contributed by atoms with van der Waals surface area (Å²) in [7, 11) is 4.27. The maximum atomic E-state index is 10.0. The molecule has 3 heteroatoms. The normalized spacial score (nSPS) is 23.7. The summed E-state index contributed by atoms with van der Waals surface area (Å²) < 4.78 is 0. The Morgan fingerprint density at radius 3 is 2.50 bits per heavy atom. The molecule has 1 aromatic rings. The van der Waals surface area contributed by atoms with Crippen LogP contribution >= 0.6 is 12.4 Å². The first kappa shape index (κ1) is 15.3. The second-order valence-corrected chi connectivity index (χ2v) is 5.47. The highest BCUT2D eigenvalue weighted by atomic mass is 35.5.